The zero-order valence-corrected chi connectivity index (χ0v) is 12.4. The van der Waals surface area contributed by atoms with Crippen molar-refractivity contribution >= 4 is 5.91 Å². The monoisotopic (exact) mass is 275 g/mol. The van der Waals surface area contributed by atoms with Crippen molar-refractivity contribution in [1.29, 1.82) is 0 Å². The van der Waals surface area contributed by atoms with Crippen molar-refractivity contribution in [3.8, 4) is 0 Å². The smallest absolute Gasteiger partial charge is 0.265 e. The van der Waals surface area contributed by atoms with E-state index in [1.165, 1.54) is 31.2 Å². The standard InChI is InChI=1S/C16H25N3O/c1-12-3-9-15(10-4-12)19(2)11-13-5-7-14(8-6-13)16(20)18-17/h5-8,12,15H,3-4,9-11,17H2,1-2H3,(H,18,20). The number of hydrogen-bond acceptors (Lipinski definition) is 3. The Hall–Kier alpha value is -1.39. The van der Waals surface area contributed by atoms with Gasteiger partial charge in [0.05, 0.1) is 0 Å². The molecule has 1 fully saturated rings. The molecule has 0 aliphatic heterocycles. The third-order valence-electron chi connectivity index (χ3n) is 4.39. The predicted octanol–water partition coefficient (Wildman–Crippen LogP) is 2.30. The summed E-state index contributed by atoms with van der Waals surface area (Å²) in [4.78, 5) is 13.8. The summed E-state index contributed by atoms with van der Waals surface area (Å²) in [5.74, 6) is 5.76. The molecule has 1 aliphatic carbocycles. The molecule has 110 valence electrons. The Labute approximate surface area is 121 Å². The fourth-order valence-electron chi connectivity index (χ4n) is 2.95. The second-order valence-electron chi connectivity index (χ2n) is 6.00. The van der Waals surface area contributed by atoms with Gasteiger partial charge in [0.25, 0.3) is 5.91 Å². The first-order chi connectivity index (χ1) is 9.60. The molecule has 0 heterocycles. The number of amides is 1. The van der Waals surface area contributed by atoms with Crippen LogP contribution in [-0.4, -0.2) is 23.9 Å². The van der Waals surface area contributed by atoms with E-state index in [9.17, 15) is 4.79 Å². The molecule has 0 spiro atoms. The van der Waals surface area contributed by atoms with Gasteiger partial charge in [0.2, 0.25) is 0 Å². The lowest BCUT2D eigenvalue weighted by atomic mass is 9.86. The van der Waals surface area contributed by atoms with E-state index >= 15 is 0 Å². The van der Waals surface area contributed by atoms with Gasteiger partial charge in [-0.15, -0.1) is 0 Å². The Morgan fingerprint density at radius 1 is 1.25 bits per heavy atom. The van der Waals surface area contributed by atoms with Gasteiger partial charge in [0.15, 0.2) is 0 Å². The summed E-state index contributed by atoms with van der Waals surface area (Å²) in [6.07, 6.45) is 5.27. The molecule has 2 rings (SSSR count). The number of nitrogen functional groups attached to an aromatic ring is 1. The first-order valence-electron chi connectivity index (χ1n) is 7.40. The molecule has 20 heavy (non-hydrogen) atoms. The van der Waals surface area contributed by atoms with E-state index in [0.29, 0.717) is 11.6 Å². The summed E-state index contributed by atoms with van der Waals surface area (Å²) in [6, 6.07) is 8.36. The van der Waals surface area contributed by atoms with E-state index in [2.05, 4.69) is 24.3 Å². The summed E-state index contributed by atoms with van der Waals surface area (Å²) < 4.78 is 0. The van der Waals surface area contributed by atoms with Gasteiger partial charge in [-0.25, -0.2) is 5.84 Å². The highest BCUT2D eigenvalue weighted by molar-refractivity contribution is 5.93. The number of nitrogens with two attached hydrogens (primary N) is 1. The van der Waals surface area contributed by atoms with Crippen molar-refractivity contribution in [1.82, 2.24) is 10.3 Å². The summed E-state index contributed by atoms with van der Waals surface area (Å²) in [5.41, 5.74) is 3.99. The maximum atomic E-state index is 11.4. The molecule has 0 unspecified atom stereocenters. The molecular weight excluding hydrogens is 250 g/mol. The van der Waals surface area contributed by atoms with Crippen molar-refractivity contribution in [2.75, 3.05) is 7.05 Å². The average molecular weight is 275 g/mol. The third-order valence-corrected chi connectivity index (χ3v) is 4.39. The van der Waals surface area contributed by atoms with Crippen molar-refractivity contribution < 1.29 is 4.79 Å². The third kappa shape index (κ3) is 3.81. The minimum Gasteiger partial charge on any atom is -0.299 e. The Balaban J connectivity index is 1.91. The zero-order chi connectivity index (χ0) is 14.5. The molecular formula is C16H25N3O. The van der Waals surface area contributed by atoms with Crippen molar-refractivity contribution in [2.45, 2.75) is 45.2 Å². The first-order valence-corrected chi connectivity index (χ1v) is 7.40. The zero-order valence-electron chi connectivity index (χ0n) is 12.4. The average Bonchev–Trinajstić information content (AvgIpc) is 2.48. The van der Waals surface area contributed by atoms with Crippen LogP contribution >= 0.6 is 0 Å². The lowest BCUT2D eigenvalue weighted by molar-refractivity contribution is 0.0953. The number of carbonyl (C=O) groups is 1. The quantitative estimate of drug-likeness (QED) is 0.503. The van der Waals surface area contributed by atoms with Crippen LogP contribution in [-0.2, 0) is 6.54 Å². The normalized spacial score (nSPS) is 22.8. The number of benzene rings is 1. The van der Waals surface area contributed by atoms with Crippen molar-refractivity contribution in [2.24, 2.45) is 11.8 Å². The molecule has 0 bridgehead atoms. The maximum Gasteiger partial charge on any atom is 0.265 e. The summed E-state index contributed by atoms with van der Waals surface area (Å²) >= 11 is 0. The van der Waals surface area contributed by atoms with Crippen molar-refractivity contribution in [3.05, 3.63) is 35.4 Å². The Morgan fingerprint density at radius 3 is 2.40 bits per heavy atom. The van der Waals surface area contributed by atoms with Gasteiger partial charge < -0.3 is 0 Å². The highest BCUT2D eigenvalue weighted by atomic mass is 16.2. The second-order valence-corrected chi connectivity index (χ2v) is 6.00. The number of rotatable bonds is 4. The van der Waals surface area contributed by atoms with Gasteiger partial charge in [0, 0.05) is 18.2 Å². The highest BCUT2D eigenvalue weighted by Crippen LogP contribution is 2.27. The van der Waals surface area contributed by atoms with E-state index in [4.69, 9.17) is 5.84 Å². The van der Waals surface area contributed by atoms with Crippen LogP contribution in [0.5, 0.6) is 0 Å². The van der Waals surface area contributed by atoms with Gasteiger partial charge in [-0.3, -0.25) is 15.1 Å². The van der Waals surface area contributed by atoms with Crippen LogP contribution in [0.15, 0.2) is 24.3 Å². The number of nitrogens with one attached hydrogen (secondary N) is 1. The predicted molar refractivity (Wildman–Crippen MR) is 81.0 cm³/mol. The van der Waals surface area contributed by atoms with E-state index < -0.39 is 0 Å². The van der Waals surface area contributed by atoms with E-state index in [0.717, 1.165) is 12.5 Å². The molecule has 1 aromatic carbocycles. The molecule has 0 atom stereocenters. The summed E-state index contributed by atoms with van der Waals surface area (Å²) in [5, 5.41) is 0. The molecule has 0 saturated heterocycles. The number of carbonyl (C=O) groups excluding carboxylic acids is 1. The molecule has 3 N–H and O–H groups in total. The number of hydrogen-bond donors (Lipinski definition) is 2. The topological polar surface area (TPSA) is 58.4 Å². The van der Waals surface area contributed by atoms with Gasteiger partial charge in [-0.05, 0) is 56.3 Å². The Bertz CT molecular complexity index is 436. The molecule has 0 radical (unpaired) electrons. The maximum absolute atomic E-state index is 11.4. The van der Waals surface area contributed by atoms with Crippen LogP contribution in [0.4, 0.5) is 0 Å². The van der Waals surface area contributed by atoms with Crippen LogP contribution in [0.2, 0.25) is 0 Å². The van der Waals surface area contributed by atoms with Crippen LogP contribution in [0.25, 0.3) is 0 Å². The summed E-state index contributed by atoms with van der Waals surface area (Å²) in [6.45, 7) is 3.28. The minimum atomic E-state index is -0.244. The number of nitrogens with zero attached hydrogens (tertiary/aromatic N) is 1. The van der Waals surface area contributed by atoms with Crippen LogP contribution in [0.3, 0.4) is 0 Å². The molecule has 1 aromatic rings. The van der Waals surface area contributed by atoms with Crippen molar-refractivity contribution in [3.63, 3.8) is 0 Å². The highest BCUT2D eigenvalue weighted by Gasteiger charge is 2.21. The molecule has 0 aromatic heterocycles. The van der Waals surface area contributed by atoms with E-state index in [1.54, 1.807) is 0 Å². The Kier molecular flexibility index (Phi) is 5.15. The van der Waals surface area contributed by atoms with E-state index in [1.807, 2.05) is 24.3 Å². The molecule has 1 saturated carbocycles. The lowest BCUT2D eigenvalue weighted by Gasteiger charge is -2.33. The second kappa shape index (κ2) is 6.86. The van der Waals surface area contributed by atoms with Crippen LogP contribution in [0, 0.1) is 5.92 Å². The molecule has 1 amide bonds. The lowest BCUT2D eigenvalue weighted by Crippen LogP contribution is -2.34. The molecule has 4 heteroatoms. The van der Waals surface area contributed by atoms with Crippen LogP contribution in [0.1, 0.15) is 48.5 Å². The van der Waals surface area contributed by atoms with Gasteiger partial charge >= 0.3 is 0 Å². The van der Waals surface area contributed by atoms with Gasteiger partial charge in [-0.2, -0.15) is 0 Å². The van der Waals surface area contributed by atoms with Gasteiger partial charge in [-0.1, -0.05) is 19.1 Å². The molecule has 1 aliphatic rings. The SMILES string of the molecule is CC1CCC(N(C)Cc2ccc(C(=O)NN)cc2)CC1. The molecule has 4 nitrogen and oxygen atoms in total. The van der Waals surface area contributed by atoms with Crippen LogP contribution < -0.4 is 11.3 Å². The summed E-state index contributed by atoms with van der Waals surface area (Å²) in [7, 11) is 2.20. The fourth-order valence-corrected chi connectivity index (χ4v) is 2.95. The van der Waals surface area contributed by atoms with Gasteiger partial charge in [0.1, 0.15) is 0 Å². The Morgan fingerprint density at radius 2 is 1.85 bits per heavy atom. The largest absolute Gasteiger partial charge is 0.299 e. The first kappa shape index (κ1) is 15.0. The van der Waals surface area contributed by atoms with E-state index in [-0.39, 0.29) is 5.91 Å². The fraction of sp³-hybridized carbons (Fsp3) is 0.562. The minimum absolute atomic E-state index is 0.244. The number of hydrazine groups is 1.